The molecular weight excluding hydrogens is 252 g/mol. The van der Waals surface area contributed by atoms with Crippen LogP contribution in [0.25, 0.3) is 5.69 Å². The Bertz CT molecular complexity index is 566. The Morgan fingerprint density at radius 1 is 1.30 bits per heavy atom. The molecule has 0 spiro atoms. The Morgan fingerprint density at radius 2 is 2.10 bits per heavy atom. The molecule has 0 bridgehead atoms. The van der Waals surface area contributed by atoms with Crippen LogP contribution in [-0.2, 0) is 6.54 Å². The van der Waals surface area contributed by atoms with Crippen LogP contribution in [0.15, 0.2) is 30.3 Å². The molecule has 6 heteroatoms. The number of nitrogens with zero attached hydrogens (tertiary/aromatic N) is 5. The highest BCUT2D eigenvalue weighted by molar-refractivity contribution is 5.30. The van der Waals surface area contributed by atoms with Crippen molar-refractivity contribution < 1.29 is 0 Å². The van der Waals surface area contributed by atoms with Crippen molar-refractivity contribution in [2.24, 2.45) is 11.1 Å². The van der Waals surface area contributed by atoms with E-state index in [2.05, 4.69) is 27.3 Å². The molecule has 1 aliphatic heterocycles. The number of hydrogen-bond acceptors (Lipinski definition) is 5. The Morgan fingerprint density at radius 3 is 2.80 bits per heavy atom. The van der Waals surface area contributed by atoms with Crippen molar-refractivity contribution in [2.45, 2.75) is 19.9 Å². The number of benzene rings is 1. The van der Waals surface area contributed by atoms with Crippen molar-refractivity contribution in [1.29, 1.82) is 0 Å². The van der Waals surface area contributed by atoms with Gasteiger partial charge in [0.15, 0.2) is 5.82 Å². The highest BCUT2D eigenvalue weighted by Crippen LogP contribution is 2.29. The van der Waals surface area contributed by atoms with Crippen molar-refractivity contribution in [3.63, 3.8) is 0 Å². The molecule has 2 aromatic rings. The Hall–Kier alpha value is -1.79. The van der Waals surface area contributed by atoms with E-state index in [1.54, 1.807) is 4.68 Å². The second-order valence-electron chi connectivity index (χ2n) is 5.82. The summed E-state index contributed by atoms with van der Waals surface area (Å²) in [5, 5.41) is 12.1. The third-order valence-electron chi connectivity index (χ3n) is 4.03. The average molecular weight is 272 g/mol. The van der Waals surface area contributed by atoms with Gasteiger partial charge in [-0.25, -0.2) is 0 Å². The minimum absolute atomic E-state index is 0.227. The quantitative estimate of drug-likeness (QED) is 0.892. The van der Waals surface area contributed by atoms with Crippen molar-refractivity contribution in [2.75, 3.05) is 19.6 Å². The van der Waals surface area contributed by atoms with Gasteiger partial charge in [0.1, 0.15) is 0 Å². The van der Waals surface area contributed by atoms with Gasteiger partial charge in [-0.3, -0.25) is 4.90 Å². The van der Waals surface area contributed by atoms with Gasteiger partial charge in [-0.15, -0.1) is 5.10 Å². The van der Waals surface area contributed by atoms with Crippen LogP contribution in [-0.4, -0.2) is 44.7 Å². The maximum atomic E-state index is 5.85. The average Bonchev–Trinajstić information content (AvgIpc) is 3.08. The molecule has 0 aliphatic carbocycles. The summed E-state index contributed by atoms with van der Waals surface area (Å²) in [5.74, 6) is 0.873. The third-order valence-corrected chi connectivity index (χ3v) is 4.03. The van der Waals surface area contributed by atoms with Crippen LogP contribution < -0.4 is 5.73 Å². The van der Waals surface area contributed by atoms with Gasteiger partial charge in [0.05, 0.1) is 12.2 Å². The van der Waals surface area contributed by atoms with Crippen LogP contribution in [0, 0.1) is 5.41 Å². The molecule has 1 saturated heterocycles. The molecular formula is C14H20N6. The molecule has 1 aromatic carbocycles. The number of hydrogen-bond donors (Lipinski definition) is 1. The van der Waals surface area contributed by atoms with Crippen molar-refractivity contribution in [3.05, 3.63) is 36.2 Å². The third kappa shape index (κ3) is 2.57. The number of rotatable bonds is 4. The molecule has 20 heavy (non-hydrogen) atoms. The van der Waals surface area contributed by atoms with Gasteiger partial charge < -0.3 is 5.73 Å². The normalized spacial score (nSPS) is 23.3. The zero-order valence-corrected chi connectivity index (χ0v) is 11.7. The van der Waals surface area contributed by atoms with E-state index in [-0.39, 0.29) is 5.41 Å². The van der Waals surface area contributed by atoms with E-state index in [4.69, 9.17) is 5.73 Å². The van der Waals surface area contributed by atoms with Gasteiger partial charge in [-0.05, 0) is 47.5 Å². The monoisotopic (exact) mass is 272 g/mol. The van der Waals surface area contributed by atoms with Gasteiger partial charge in [-0.1, -0.05) is 25.1 Å². The molecule has 0 amide bonds. The first-order valence-electron chi connectivity index (χ1n) is 6.95. The molecule has 2 N–H and O–H groups in total. The first-order chi connectivity index (χ1) is 9.70. The SMILES string of the molecule is CC1(CN)CCN(Cc2nnnn2-c2ccccc2)C1. The van der Waals surface area contributed by atoms with E-state index < -0.39 is 0 Å². The lowest BCUT2D eigenvalue weighted by atomic mass is 9.90. The summed E-state index contributed by atoms with van der Waals surface area (Å²) in [7, 11) is 0. The van der Waals surface area contributed by atoms with Crippen LogP contribution in [0.4, 0.5) is 0 Å². The molecule has 1 fully saturated rings. The highest BCUT2D eigenvalue weighted by atomic mass is 15.5. The molecule has 1 unspecified atom stereocenters. The largest absolute Gasteiger partial charge is 0.330 e. The predicted molar refractivity (Wildman–Crippen MR) is 76.2 cm³/mol. The lowest BCUT2D eigenvalue weighted by molar-refractivity contribution is 0.267. The van der Waals surface area contributed by atoms with Gasteiger partial charge in [0, 0.05) is 6.54 Å². The zero-order chi connectivity index (χ0) is 14.0. The fourth-order valence-corrected chi connectivity index (χ4v) is 2.70. The predicted octanol–water partition coefficient (Wildman–Crippen LogP) is 0.833. The first-order valence-corrected chi connectivity index (χ1v) is 6.95. The molecule has 0 radical (unpaired) electrons. The molecule has 6 nitrogen and oxygen atoms in total. The van der Waals surface area contributed by atoms with E-state index in [0.717, 1.165) is 44.1 Å². The maximum Gasteiger partial charge on any atom is 0.170 e. The number of para-hydroxylation sites is 1. The van der Waals surface area contributed by atoms with E-state index in [0.29, 0.717) is 0 Å². The van der Waals surface area contributed by atoms with E-state index in [1.165, 1.54) is 0 Å². The zero-order valence-electron chi connectivity index (χ0n) is 11.7. The van der Waals surface area contributed by atoms with Crippen molar-refractivity contribution >= 4 is 0 Å². The Labute approximate surface area is 118 Å². The number of aromatic nitrogens is 4. The highest BCUT2D eigenvalue weighted by Gasteiger charge is 2.33. The van der Waals surface area contributed by atoms with Crippen LogP contribution in [0.2, 0.25) is 0 Å². The molecule has 3 rings (SSSR count). The van der Waals surface area contributed by atoms with Gasteiger partial charge in [-0.2, -0.15) is 4.68 Å². The summed E-state index contributed by atoms with van der Waals surface area (Å²) < 4.78 is 1.80. The standard InChI is InChI=1S/C14H20N6/c1-14(10-15)7-8-19(11-14)9-13-16-17-18-20(13)12-5-3-2-4-6-12/h2-6H,7-11,15H2,1H3. The summed E-state index contributed by atoms with van der Waals surface area (Å²) >= 11 is 0. The summed E-state index contributed by atoms with van der Waals surface area (Å²) in [6, 6.07) is 9.98. The number of tetrazole rings is 1. The minimum Gasteiger partial charge on any atom is -0.330 e. The van der Waals surface area contributed by atoms with Crippen molar-refractivity contribution in [3.8, 4) is 5.69 Å². The van der Waals surface area contributed by atoms with Crippen molar-refractivity contribution in [1.82, 2.24) is 25.1 Å². The first kappa shape index (κ1) is 13.2. The van der Waals surface area contributed by atoms with E-state index in [1.807, 2.05) is 30.3 Å². The molecule has 1 aromatic heterocycles. The van der Waals surface area contributed by atoms with Gasteiger partial charge in [0.2, 0.25) is 0 Å². The second-order valence-corrected chi connectivity index (χ2v) is 5.82. The lowest BCUT2D eigenvalue weighted by Crippen LogP contribution is -2.31. The Kier molecular flexibility index (Phi) is 3.50. The van der Waals surface area contributed by atoms with Crippen LogP contribution >= 0.6 is 0 Å². The maximum absolute atomic E-state index is 5.85. The second kappa shape index (κ2) is 5.30. The molecule has 2 heterocycles. The summed E-state index contributed by atoms with van der Waals surface area (Å²) in [5.41, 5.74) is 7.07. The number of nitrogens with two attached hydrogens (primary N) is 1. The topological polar surface area (TPSA) is 72.9 Å². The smallest absolute Gasteiger partial charge is 0.170 e. The minimum atomic E-state index is 0.227. The summed E-state index contributed by atoms with van der Waals surface area (Å²) in [4.78, 5) is 2.37. The fraction of sp³-hybridized carbons (Fsp3) is 0.500. The molecule has 0 saturated carbocycles. The summed E-state index contributed by atoms with van der Waals surface area (Å²) in [6.45, 7) is 5.79. The van der Waals surface area contributed by atoms with Crippen LogP contribution in [0.5, 0.6) is 0 Å². The number of likely N-dealkylation sites (tertiary alicyclic amines) is 1. The summed E-state index contributed by atoms with van der Waals surface area (Å²) in [6.07, 6.45) is 1.14. The molecule has 1 atom stereocenters. The molecule has 1 aliphatic rings. The van der Waals surface area contributed by atoms with Crippen LogP contribution in [0.1, 0.15) is 19.2 Å². The Balaban J connectivity index is 1.75. The fourth-order valence-electron chi connectivity index (χ4n) is 2.70. The van der Waals surface area contributed by atoms with Gasteiger partial charge >= 0.3 is 0 Å². The molecule has 106 valence electrons. The van der Waals surface area contributed by atoms with E-state index in [9.17, 15) is 0 Å². The lowest BCUT2D eigenvalue weighted by Gasteiger charge is -2.22. The van der Waals surface area contributed by atoms with E-state index >= 15 is 0 Å². The van der Waals surface area contributed by atoms with Gasteiger partial charge in [0.25, 0.3) is 0 Å². The van der Waals surface area contributed by atoms with Crippen LogP contribution in [0.3, 0.4) is 0 Å².